The molecule has 1 saturated carbocycles. The van der Waals surface area contributed by atoms with E-state index in [0.717, 1.165) is 41.9 Å². The zero-order chi connectivity index (χ0) is 14.8. The minimum atomic E-state index is 0.689. The Kier molecular flexibility index (Phi) is 3.92. The second-order valence-electron chi connectivity index (χ2n) is 5.66. The van der Waals surface area contributed by atoms with Crippen LogP contribution in [0.1, 0.15) is 35.6 Å². The molecular weight excluding hydrogens is 262 g/mol. The molecule has 1 aliphatic rings. The first-order valence-corrected chi connectivity index (χ1v) is 7.51. The van der Waals surface area contributed by atoms with Gasteiger partial charge in [-0.2, -0.15) is 0 Å². The second-order valence-corrected chi connectivity index (χ2v) is 5.66. The molecule has 0 spiro atoms. The predicted octanol–water partition coefficient (Wildman–Crippen LogP) is 2.15. The zero-order valence-electron chi connectivity index (χ0n) is 12.8. The van der Waals surface area contributed by atoms with Gasteiger partial charge in [0.1, 0.15) is 11.5 Å². The summed E-state index contributed by atoms with van der Waals surface area (Å²) in [7, 11) is 0. The van der Waals surface area contributed by atoms with E-state index in [1.165, 1.54) is 18.4 Å². The number of aryl methyl sites for hydroxylation is 3. The molecule has 0 aromatic carbocycles. The van der Waals surface area contributed by atoms with Crippen LogP contribution in [0, 0.1) is 20.8 Å². The minimum Gasteiger partial charge on any atom is -0.314 e. The molecule has 2 heterocycles. The van der Waals surface area contributed by atoms with Crippen molar-refractivity contribution in [1.82, 2.24) is 25.3 Å². The van der Waals surface area contributed by atoms with Gasteiger partial charge in [0.15, 0.2) is 5.82 Å². The van der Waals surface area contributed by atoms with Gasteiger partial charge in [0.05, 0.1) is 0 Å². The standard InChI is InChI=1S/C16H21N5/c1-10-14(6-8-18-13-4-5-13)11(2)20-16(19-10)15-7-9-17-12(3)21-15/h7,9,13,18H,4-6,8H2,1-3H3. The summed E-state index contributed by atoms with van der Waals surface area (Å²) in [6.07, 6.45) is 5.37. The van der Waals surface area contributed by atoms with E-state index in [1.807, 2.05) is 13.0 Å². The molecule has 3 rings (SSSR count). The third kappa shape index (κ3) is 3.42. The van der Waals surface area contributed by atoms with Gasteiger partial charge in [-0.3, -0.25) is 0 Å². The van der Waals surface area contributed by atoms with E-state index in [2.05, 4.69) is 39.1 Å². The van der Waals surface area contributed by atoms with Crippen molar-refractivity contribution in [3.63, 3.8) is 0 Å². The monoisotopic (exact) mass is 283 g/mol. The number of hydrogen-bond acceptors (Lipinski definition) is 5. The van der Waals surface area contributed by atoms with E-state index < -0.39 is 0 Å². The highest BCUT2D eigenvalue weighted by atomic mass is 15.0. The fourth-order valence-electron chi connectivity index (χ4n) is 2.49. The average Bonchev–Trinajstić information content (AvgIpc) is 3.26. The van der Waals surface area contributed by atoms with Crippen molar-refractivity contribution in [1.29, 1.82) is 0 Å². The van der Waals surface area contributed by atoms with Crippen LogP contribution in [0.25, 0.3) is 11.5 Å². The van der Waals surface area contributed by atoms with Gasteiger partial charge >= 0.3 is 0 Å². The molecule has 0 radical (unpaired) electrons. The van der Waals surface area contributed by atoms with Crippen LogP contribution in [0.15, 0.2) is 12.3 Å². The summed E-state index contributed by atoms with van der Waals surface area (Å²) in [5, 5.41) is 3.54. The lowest BCUT2D eigenvalue weighted by molar-refractivity contribution is 0.675. The lowest BCUT2D eigenvalue weighted by Gasteiger charge is -2.11. The third-order valence-electron chi connectivity index (χ3n) is 3.81. The molecule has 2 aromatic rings. The van der Waals surface area contributed by atoms with E-state index >= 15 is 0 Å². The summed E-state index contributed by atoms with van der Waals surface area (Å²) in [6, 6.07) is 2.60. The van der Waals surface area contributed by atoms with Gasteiger partial charge in [-0.05, 0) is 58.2 Å². The Morgan fingerprint density at radius 2 is 1.81 bits per heavy atom. The van der Waals surface area contributed by atoms with Crippen LogP contribution in [0.2, 0.25) is 0 Å². The Morgan fingerprint density at radius 3 is 2.43 bits per heavy atom. The summed E-state index contributed by atoms with van der Waals surface area (Å²) in [6.45, 7) is 6.99. The molecule has 5 heteroatoms. The first kappa shape index (κ1) is 14.1. The molecule has 21 heavy (non-hydrogen) atoms. The first-order valence-electron chi connectivity index (χ1n) is 7.51. The normalized spacial score (nSPS) is 14.4. The van der Waals surface area contributed by atoms with Gasteiger partial charge in [0.25, 0.3) is 0 Å². The summed E-state index contributed by atoms with van der Waals surface area (Å²) in [4.78, 5) is 17.8. The molecule has 0 bridgehead atoms. The summed E-state index contributed by atoms with van der Waals surface area (Å²) in [5.41, 5.74) is 4.13. The zero-order valence-corrected chi connectivity index (χ0v) is 12.8. The van der Waals surface area contributed by atoms with Crippen molar-refractivity contribution in [2.45, 2.75) is 46.1 Å². The average molecular weight is 283 g/mol. The number of nitrogens with one attached hydrogen (secondary N) is 1. The summed E-state index contributed by atoms with van der Waals surface area (Å²) in [5.74, 6) is 1.43. The van der Waals surface area contributed by atoms with Gasteiger partial charge in [0.2, 0.25) is 0 Å². The lowest BCUT2D eigenvalue weighted by Crippen LogP contribution is -2.20. The van der Waals surface area contributed by atoms with E-state index in [1.54, 1.807) is 6.20 Å². The number of aromatic nitrogens is 4. The molecule has 2 aromatic heterocycles. The quantitative estimate of drug-likeness (QED) is 0.911. The Morgan fingerprint density at radius 1 is 1.10 bits per heavy atom. The molecule has 0 aliphatic heterocycles. The highest BCUT2D eigenvalue weighted by molar-refractivity contribution is 5.49. The molecule has 5 nitrogen and oxygen atoms in total. The van der Waals surface area contributed by atoms with E-state index in [0.29, 0.717) is 5.82 Å². The highest BCUT2D eigenvalue weighted by Crippen LogP contribution is 2.20. The highest BCUT2D eigenvalue weighted by Gasteiger charge is 2.20. The van der Waals surface area contributed by atoms with Crippen molar-refractivity contribution < 1.29 is 0 Å². The molecule has 0 saturated heterocycles. The Balaban J connectivity index is 1.81. The van der Waals surface area contributed by atoms with Crippen LogP contribution in [-0.2, 0) is 6.42 Å². The van der Waals surface area contributed by atoms with Crippen LogP contribution in [0.4, 0.5) is 0 Å². The third-order valence-corrected chi connectivity index (χ3v) is 3.81. The SMILES string of the molecule is Cc1nccc(-c2nc(C)c(CCNC3CC3)c(C)n2)n1. The molecule has 110 valence electrons. The van der Waals surface area contributed by atoms with Gasteiger partial charge in [-0.1, -0.05) is 0 Å². The van der Waals surface area contributed by atoms with Gasteiger partial charge in [-0.25, -0.2) is 19.9 Å². The fraction of sp³-hybridized carbons (Fsp3) is 0.500. The van der Waals surface area contributed by atoms with E-state index in [-0.39, 0.29) is 0 Å². The minimum absolute atomic E-state index is 0.689. The second kappa shape index (κ2) is 5.85. The van der Waals surface area contributed by atoms with Crippen molar-refractivity contribution in [2.75, 3.05) is 6.54 Å². The van der Waals surface area contributed by atoms with Gasteiger partial charge in [0, 0.05) is 23.6 Å². The van der Waals surface area contributed by atoms with E-state index in [4.69, 9.17) is 0 Å². The van der Waals surface area contributed by atoms with Crippen molar-refractivity contribution in [3.05, 3.63) is 35.0 Å². The molecule has 0 amide bonds. The first-order chi connectivity index (χ1) is 10.1. The Labute approximate surface area is 125 Å². The Hall–Kier alpha value is -1.88. The molecule has 1 N–H and O–H groups in total. The Bertz CT molecular complexity index is 626. The number of nitrogens with zero attached hydrogens (tertiary/aromatic N) is 4. The van der Waals surface area contributed by atoms with Crippen LogP contribution < -0.4 is 5.32 Å². The van der Waals surface area contributed by atoms with Crippen molar-refractivity contribution in [2.24, 2.45) is 0 Å². The molecule has 1 fully saturated rings. The summed E-state index contributed by atoms with van der Waals surface area (Å²) >= 11 is 0. The largest absolute Gasteiger partial charge is 0.314 e. The van der Waals surface area contributed by atoms with Gasteiger partial charge < -0.3 is 5.32 Å². The smallest absolute Gasteiger partial charge is 0.178 e. The fourth-order valence-corrected chi connectivity index (χ4v) is 2.49. The molecule has 0 atom stereocenters. The predicted molar refractivity (Wildman–Crippen MR) is 82.0 cm³/mol. The molecule has 0 unspecified atom stereocenters. The van der Waals surface area contributed by atoms with E-state index in [9.17, 15) is 0 Å². The van der Waals surface area contributed by atoms with Crippen LogP contribution in [-0.4, -0.2) is 32.5 Å². The maximum atomic E-state index is 4.63. The maximum absolute atomic E-state index is 4.63. The molecular formula is C16H21N5. The van der Waals surface area contributed by atoms with Crippen LogP contribution in [0.5, 0.6) is 0 Å². The van der Waals surface area contributed by atoms with Crippen molar-refractivity contribution in [3.8, 4) is 11.5 Å². The summed E-state index contributed by atoms with van der Waals surface area (Å²) < 4.78 is 0. The van der Waals surface area contributed by atoms with Crippen LogP contribution in [0.3, 0.4) is 0 Å². The molecule has 1 aliphatic carbocycles. The number of hydrogen-bond donors (Lipinski definition) is 1. The van der Waals surface area contributed by atoms with Gasteiger partial charge in [-0.15, -0.1) is 0 Å². The lowest BCUT2D eigenvalue weighted by atomic mass is 10.1. The maximum Gasteiger partial charge on any atom is 0.178 e. The topological polar surface area (TPSA) is 63.6 Å². The van der Waals surface area contributed by atoms with Crippen molar-refractivity contribution >= 4 is 0 Å². The van der Waals surface area contributed by atoms with Crippen LogP contribution >= 0.6 is 0 Å². The number of rotatable bonds is 5.